The Bertz CT molecular complexity index is 481. The minimum Gasteiger partial charge on any atom is -0.496 e. The van der Waals surface area contributed by atoms with Gasteiger partial charge in [-0.15, -0.1) is 24.0 Å². The van der Waals surface area contributed by atoms with Crippen LogP contribution in [0.25, 0.3) is 0 Å². The van der Waals surface area contributed by atoms with Gasteiger partial charge in [0.15, 0.2) is 5.96 Å². The van der Waals surface area contributed by atoms with E-state index in [4.69, 9.17) is 4.74 Å². The van der Waals surface area contributed by atoms with E-state index in [9.17, 15) is 0 Å². The molecular formula is C17H28IN3O. The van der Waals surface area contributed by atoms with Gasteiger partial charge in [0, 0.05) is 25.7 Å². The standard InChI is InChI=1S/C17H27N3O.HI/c1-4-17(10-7-11-17)13-20-16(18-2)19-12-14-8-5-6-9-15(14)21-3;/h5-6,8-9H,4,7,10-13H2,1-3H3,(H2,18,19,20);1H. The lowest BCUT2D eigenvalue weighted by Gasteiger charge is -2.41. The summed E-state index contributed by atoms with van der Waals surface area (Å²) in [7, 11) is 3.52. The predicted octanol–water partition coefficient (Wildman–Crippen LogP) is 3.56. The number of ether oxygens (including phenoxy) is 1. The molecule has 0 unspecified atom stereocenters. The zero-order valence-corrected chi connectivity index (χ0v) is 16.1. The highest BCUT2D eigenvalue weighted by atomic mass is 127. The summed E-state index contributed by atoms with van der Waals surface area (Å²) in [4.78, 5) is 4.31. The Morgan fingerprint density at radius 3 is 2.55 bits per heavy atom. The number of hydrogen-bond acceptors (Lipinski definition) is 2. The summed E-state index contributed by atoms with van der Waals surface area (Å²) < 4.78 is 5.37. The van der Waals surface area contributed by atoms with Crippen molar-refractivity contribution in [3.8, 4) is 5.75 Å². The van der Waals surface area contributed by atoms with Gasteiger partial charge in [-0.3, -0.25) is 4.99 Å². The molecule has 0 saturated heterocycles. The maximum atomic E-state index is 5.37. The van der Waals surface area contributed by atoms with Crippen molar-refractivity contribution in [3.05, 3.63) is 29.8 Å². The lowest BCUT2D eigenvalue weighted by Crippen LogP contribution is -2.46. The van der Waals surface area contributed by atoms with E-state index >= 15 is 0 Å². The van der Waals surface area contributed by atoms with Crippen molar-refractivity contribution >= 4 is 29.9 Å². The molecule has 1 aromatic rings. The number of methoxy groups -OCH3 is 1. The average Bonchev–Trinajstić information content (AvgIpc) is 2.49. The van der Waals surface area contributed by atoms with Gasteiger partial charge in [0.1, 0.15) is 5.75 Å². The minimum absolute atomic E-state index is 0. The molecule has 0 radical (unpaired) electrons. The number of rotatable bonds is 6. The van der Waals surface area contributed by atoms with E-state index in [-0.39, 0.29) is 24.0 Å². The number of halogens is 1. The van der Waals surface area contributed by atoms with Crippen molar-refractivity contribution in [1.29, 1.82) is 0 Å². The van der Waals surface area contributed by atoms with Crippen LogP contribution >= 0.6 is 24.0 Å². The fraction of sp³-hybridized carbons (Fsp3) is 0.588. The second kappa shape index (κ2) is 9.22. The normalized spacial score (nSPS) is 16.2. The smallest absolute Gasteiger partial charge is 0.191 e. The van der Waals surface area contributed by atoms with Crippen molar-refractivity contribution in [3.63, 3.8) is 0 Å². The molecule has 2 N–H and O–H groups in total. The van der Waals surface area contributed by atoms with Crippen molar-refractivity contribution in [2.75, 3.05) is 20.7 Å². The van der Waals surface area contributed by atoms with Crippen LogP contribution in [0.2, 0.25) is 0 Å². The highest BCUT2D eigenvalue weighted by Gasteiger charge is 2.34. The Balaban J connectivity index is 0.00000242. The lowest BCUT2D eigenvalue weighted by molar-refractivity contribution is 0.131. The van der Waals surface area contributed by atoms with Crippen molar-refractivity contribution in [2.45, 2.75) is 39.2 Å². The van der Waals surface area contributed by atoms with Gasteiger partial charge >= 0.3 is 0 Å². The number of nitrogens with one attached hydrogen (secondary N) is 2. The van der Waals surface area contributed by atoms with E-state index in [1.165, 1.54) is 25.7 Å². The Labute approximate surface area is 151 Å². The Morgan fingerprint density at radius 1 is 1.27 bits per heavy atom. The maximum absolute atomic E-state index is 5.37. The number of benzene rings is 1. The quantitative estimate of drug-likeness (QED) is 0.423. The van der Waals surface area contributed by atoms with Gasteiger partial charge < -0.3 is 15.4 Å². The van der Waals surface area contributed by atoms with Gasteiger partial charge in [0.25, 0.3) is 0 Å². The predicted molar refractivity (Wildman–Crippen MR) is 103 cm³/mol. The molecule has 0 amide bonds. The molecule has 5 heteroatoms. The van der Waals surface area contributed by atoms with Crippen LogP contribution in [-0.2, 0) is 6.54 Å². The number of nitrogens with zero attached hydrogens (tertiary/aromatic N) is 1. The first-order chi connectivity index (χ1) is 10.2. The van der Waals surface area contributed by atoms with Crippen molar-refractivity contribution in [2.24, 2.45) is 10.4 Å². The monoisotopic (exact) mass is 417 g/mol. The first-order valence-electron chi connectivity index (χ1n) is 7.79. The fourth-order valence-corrected chi connectivity index (χ4v) is 2.85. The Kier molecular flexibility index (Phi) is 8.00. The molecule has 4 nitrogen and oxygen atoms in total. The molecular weight excluding hydrogens is 389 g/mol. The second-order valence-electron chi connectivity index (χ2n) is 5.80. The van der Waals surface area contributed by atoms with Gasteiger partial charge in [0.2, 0.25) is 0 Å². The van der Waals surface area contributed by atoms with E-state index in [1.807, 2.05) is 25.2 Å². The zero-order chi connectivity index (χ0) is 15.1. The van der Waals surface area contributed by atoms with Crippen LogP contribution in [0, 0.1) is 5.41 Å². The third-order valence-corrected chi connectivity index (χ3v) is 4.66. The summed E-state index contributed by atoms with van der Waals surface area (Å²) in [5, 5.41) is 6.83. The van der Waals surface area contributed by atoms with E-state index in [2.05, 4.69) is 28.6 Å². The molecule has 0 aliphatic heterocycles. The molecule has 0 spiro atoms. The number of aliphatic imine (C=N–C) groups is 1. The third kappa shape index (κ3) is 4.76. The number of hydrogen-bond donors (Lipinski definition) is 2. The molecule has 0 atom stereocenters. The second-order valence-corrected chi connectivity index (χ2v) is 5.80. The molecule has 2 rings (SSSR count). The topological polar surface area (TPSA) is 45.7 Å². The van der Waals surface area contributed by atoms with Gasteiger partial charge in [-0.05, 0) is 30.7 Å². The first kappa shape index (κ1) is 19.1. The summed E-state index contributed by atoms with van der Waals surface area (Å²) in [5.41, 5.74) is 1.62. The maximum Gasteiger partial charge on any atom is 0.191 e. The molecule has 1 aromatic carbocycles. The van der Waals surface area contributed by atoms with E-state index < -0.39 is 0 Å². The molecule has 1 aliphatic rings. The fourth-order valence-electron chi connectivity index (χ4n) is 2.85. The highest BCUT2D eigenvalue weighted by molar-refractivity contribution is 14.0. The number of guanidine groups is 1. The molecule has 1 saturated carbocycles. The SMILES string of the molecule is CCC1(CNC(=NC)NCc2ccccc2OC)CCC1.I. The Morgan fingerprint density at radius 2 is 2.00 bits per heavy atom. The highest BCUT2D eigenvalue weighted by Crippen LogP contribution is 2.42. The number of para-hydroxylation sites is 1. The van der Waals surface area contributed by atoms with Crippen LogP contribution in [0.1, 0.15) is 38.2 Å². The third-order valence-electron chi connectivity index (χ3n) is 4.66. The van der Waals surface area contributed by atoms with Crippen LogP contribution in [0.15, 0.2) is 29.3 Å². The van der Waals surface area contributed by atoms with Crippen LogP contribution in [0.5, 0.6) is 5.75 Å². The summed E-state index contributed by atoms with van der Waals surface area (Å²) in [6.07, 6.45) is 5.27. The summed E-state index contributed by atoms with van der Waals surface area (Å²) >= 11 is 0. The van der Waals surface area contributed by atoms with Gasteiger partial charge in [0.05, 0.1) is 7.11 Å². The largest absolute Gasteiger partial charge is 0.496 e. The van der Waals surface area contributed by atoms with E-state index in [0.29, 0.717) is 12.0 Å². The minimum atomic E-state index is 0. The van der Waals surface area contributed by atoms with E-state index in [1.54, 1.807) is 7.11 Å². The molecule has 1 aliphatic carbocycles. The summed E-state index contributed by atoms with van der Waals surface area (Å²) in [6, 6.07) is 8.05. The van der Waals surface area contributed by atoms with Gasteiger partial charge in [-0.2, -0.15) is 0 Å². The van der Waals surface area contributed by atoms with E-state index in [0.717, 1.165) is 23.8 Å². The molecule has 0 aromatic heterocycles. The average molecular weight is 417 g/mol. The van der Waals surface area contributed by atoms with Crippen LogP contribution in [0.3, 0.4) is 0 Å². The van der Waals surface area contributed by atoms with Crippen molar-refractivity contribution < 1.29 is 4.74 Å². The van der Waals surface area contributed by atoms with Crippen molar-refractivity contribution in [1.82, 2.24) is 10.6 Å². The summed E-state index contributed by atoms with van der Waals surface area (Å²) in [5.74, 6) is 1.77. The van der Waals surface area contributed by atoms with Crippen LogP contribution < -0.4 is 15.4 Å². The molecule has 1 fully saturated rings. The first-order valence-corrected chi connectivity index (χ1v) is 7.79. The van der Waals surface area contributed by atoms with Crippen LogP contribution in [-0.4, -0.2) is 26.7 Å². The Hall–Kier alpha value is -0.980. The molecule has 0 heterocycles. The lowest BCUT2D eigenvalue weighted by atomic mass is 9.67. The molecule has 124 valence electrons. The zero-order valence-electron chi connectivity index (χ0n) is 13.8. The van der Waals surface area contributed by atoms with Gasteiger partial charge in [-0.25, -0.2) is 0 Å². The molecule has 22 heavy (non-hydrogen) atoms. The summed E-state index contributed by atoms with van der Waals surface area (Å²) in [6.45, 7) is 4.00. The van der Waals surface area contributed by atoms with Crippen LogP contribution in [0.4, 0.5) is 0 Å². The van der Waals surface area contributed by atoms with Gasteiger partial charge in [-0.1, -0.05) is 31.5 Å². The molecule has 0 bridgehead atoms.